The van der Waals surface area contributed by atoms with Gasteiger partial charge in [-0.05, 0) is 43.3 Å². The van der Waals surface area contributed by atoms with Crippen LogP contribution < -0.4 is 14.2 Å². The molecule has 9 heteroatoms. The Labute approximate surface area is 172 Å². The van der Waals surface area contributed by atoms with E-state index in [1.807, 2.05) is 0 Å². The minimum absolute atomic E-state index is 0.163. The first-order valence-corrected chi connectivity index (χ1v) is 8.95. The number of carbonyl (C=O) groups excluding carboxylic acids is 1. The first-order valence-electron chi connectivity index (χ1n) is 8.57. The maximum absolute atomic E-state index is 12.5. The molecule has 0 N–H and O–H groups in total. The molecule has 1 atom stereocenters. The van der Waals surface area contributed by atoms with Crippen molar-refractivity contribution < 1.29 is 28.2 Å². The second-order valence-corrected chi connectivity index (χ2v) is 6.32. The molecule has 0 bridgehead atoms. The van der Waals surface area contributed by atoms with E-state index in [4.69, 9.17) is 35.0 Å². The molecule has 3 aromatic rings. The summed E-state index contributed by atoms with van der Waals surface area (Å²) < 4.78 is 26.5. The number of halogens is 1. The molecule has 0 saturated carbocycles. The normalized spacial score (nSPS) is 11.6. The van der Waals surface area contributed by atoms with Crippen molar-refractivity contribution in [1.82, 2.24) is 10.2 Å². The van der Waals surface area contributed by atoms with Crippen LogP contribution in [-0.4, -0.2) is 37.5 Å². The molecule has 0 amide bonds. The van der Waals surface area contributed by atoms with Crippen LogP contribution in [0.15, 0.2) is 40.8 Å². The van der Waals surface area contributed by atoms with Crippen molar-refractivity contribution >= 4 is 17.6 Å². The Morgan fingerprint density at radius 1 is 1.03 bits per heavy atom. The number of nitrogens with zero attached hydrogens (tertiary/aromatic N) is 2. The lowest BCUT2D eigenvalue weighted by Gasteiger charge is -2.13. The standard InChI is InChI=1S/C20H19ClN2O6/c1-11(18-22-23-19(29-18)12-5-7-14(25-2)8-6-12)28-20(24)13-9-15(21)17(27-4)16(10-13)26-3/h5-11H,1-4H3. The van der Waals surface area contributed by atoms with Crippen LogP contribution in [-0.2, 0) is 4.74 Å². The van der Waals surface area contributed by atoms with Crippen LogP contribution in [0.3, 0.4) is 0 Å². The van der Waals surface area contributed by atoms with Gasteiger partial charge in [0.15, 0.2) is 17.6 Å². The number of esters is 1. The molecular formula is C20H19ClN2O6. The monoisotopic (exact) mass is 418 g/mol. The molecule has 1 heterocycles. The fourth-order valence-corrected chi connectivity index (χ4v) is 2.85. The van der Waals surface area contributed by atoms with E-state index >= 15 is 0 Å². The molecule has 0 aliphatic rings. The third-order valence-electron chi connectivity index (χ3n) is 4.08. The maximum Gasteiger partial charge on any atom is 0.339 e. The van der Waals surface area contributed by atoms with Gasteiger partial charge in [-0.1, -0.05) is 11.6 Å². The molecule has 0 saturated heterocycles. The Balaban J connectivity index is 1.75. The van der Waals surface area contributed by atoms with Crippen LogP contribution in [0.25, 0.3) is 11.5 Å². The summed E-state index contributed by atoms with van der Waals surface area (Å²) in [5.74, 6) is 1.21. The summed E-state index contributed by atoms with van der Waals surface area (Å²) in [4.78, 5) is 12.5. The zero-order valence-electron chi connectivity index (χ0n) is 16.3. The molecule has 0 spiro atoms. The molecule has 8 nitrogen and oxygen atoms in total. The Morgan fingerprint density at radius 3 is 2.38 bits per heavy atom. The van der Waals surface area contributed by atoms with Gasteiger partial charge in [0.05, 0.1) is 31.9 Å². The summed E-state index contributed by atoms with van der Waals surface area (Å²) in [5.41, 5.74) is 0.921. The predicted octanol–water partition coefficient (Wildman–Crippen LogP) is 4.33. The summed E-state index contributed by atoms with van der Waals surface area (Å²) in [6, 6.07) is 10.1. The lowest BCUT2D eigenvalue weighted by molar-refractivity contribution is 0.0279. The highest BCUT2D eigenvalue weighted by atomic mass is 35.5. The average Bonchev–Trinajstić information content (AvgIpc) is 3.23. The molecule has 1 unspecified atom stereocenters. The number of benzene rings is 2. The number of aromatic nitrogens is 2. The Morgan fingerprint density at radius 2 is 1.76 bits per heavy atom. The molecule has 0 fully saturated rings. The van der Waals surface area contributed by atoms with Crippen molar-refractivity contribution in [3.05, 3.63) is 52.9 Å². The molecule has 3 rings (SSSR count). The zero-order chi connectivity index (χ0) is 21.0. The van der Waals surface area contributed by atoms with Crippen LogP contribution in [0, 0.1) is 0 Å². The van der Waals surface area contributed by atoms with Gasteiger partial charge in [-0.2, -0.15) is 0 Å². The Bertz CT molecular complexity index is 1000. The first kappa shape index (κ1) is 20.5. The minimum atomic E-state index is -0.770. The van der Waals surface area contributed by atoms with Crippen LogP contribution in [0.1, 0.15) is 29.3 Å². The predicted molar refractivity (Wildman–Crippen MR) is 105 cm³/mol. The quantitative estimate of drug-likeness (QED) is 0.523. The van der Waals surface area contributed by atoms with Crippen LogP contribution >= 0.6 is 11.6 Å². The zero-order valence-corrected chi connectivity index (χ0v) is 17.0. The highest BCUT2D eigenvalue weighted by Gasteiger charge is 2.22. The van der Waals surface area contributed by atoms with Gasteiger partial charge in [0.2, 0.25) is 5.89 Å². The topological polar surface area (TPSA) is 92.9 Å². The fourth-order valence-electron chi connectivity index (χ4n) is 2.56. The van der Waals surface area contributed by atoms with Crippen molar-refractivity contribution in [2.24, 2.45) is 0 Å². The van der Waals surface area contributed by atoms with Crippen molar-refractivity contribution in [1.29, 1.82) is 0 Å². The van der Waals surface area contributed by atoms with E-state index in [2.05, 4.69) is 10.2 Å². The maximum atomic E-state index is 12.5. The van der Waals surface area contributed by atoms with E-state index in [0.717, 1.165) is 5.56 Å². The van der Waals surface area contributed by atoms with Crippen LogP contribution in [0.2, 0.25) is 5.02 Å². The van der Waals surface area contributed by atoms with Gasteiger partial charge in [-0.25, -0.2) is 4.79 Å². The van der Waals surface area contributed by atoms with Crippen molar-refractivity contribution in [2.75, 3.05) is 21.3 Å². The van der Waals surface area contributed by atoms with E-state index < -0.39 is 12.1 Å². The number of hydrogen-bond donors (Lipinski definition) is 0. The molecular weight excluding hydrogens is 400 g/mol. The third kappa shape index (κ3) is 4.43. The van der Waals surface area contributed by atoms with Gasteiger partial charge in [0, 0.05) is 5.56 Å². The Hall–Kier alpha value is -3.26. The van der Waals surface area contributed by atoms with E-state index in [9.17, 15) is 4.79 Å². The lowest BCUT2D eigenvalue weighted by Crippen LogP contribution is -2.10. The SMILES string of the molecule is COc1ccc(-c2nnc(C(C)OC(=O)c3cc(Cl)c(OC)c(OC)c3)o2)cc1. The van der Waals surface area contributed by atoms with E-state index in [1.54, 1.807) is 38.3 Å². The average molecular weight is 419 g/mol. The van der Waals surface area contributed by atoms with Crippen molar-refractivity contribution in [2.45, 2.75) is 13.0 Å². The molecule has 152 valence electrons. The number of ether oxygens (including phenoxy) is 4. The summed E-state index contributed by atoms with van der Waals surface area (Å²) in [5, 5.41) is 8.19. The molecule has 0 radical (unpaired) electrons. The van der Waals surface area contributed by atoms with Gasteiger partial charge >= 0.3 is 5.97 Å². The Kier molecular flexibility index (Phi) is 6.23. The highest BCUT2D eigenvalue weighted by Crippen LogP contribution is 2.36. The summed E-state index contributed by atoms with van der Waals surface area (Å²) in [6.07, 6.45) is -0.770. The second kappa shape index (κ2) is 8.83. The first-order chi connectivity index (χ1) is 14.0. The highest BCUT2D eigenvalue weighted by molar-refractivity contribution is 6.32. The fraction of sp³-hybridized carbons (Fsp3) is 0.250. The van der Waals surface area contributed by atoms with Gasteiger partial charge < -0.3 is 23.4 Å². The largest absolute Gasteiger partial charge is 0.497 e. The van der Waals surface area contributed by atoms with E-state index in [-0.39, 0.29) is 16.5 Å². The van der Waals surface area contributed by atoms with Crippen LogP contribution in [0.5, 0.6) is 17.2 Å². The molecule has 0 aliphatic carbocycles. The summed E-state index contributed by atoms with van der Waals surface area (Å²) >= 11 is 6.14. The van der Waals surface area contributed by atoms with Gasteiger partial charge in [-0.3, -0.25) is 0 Å². The van der Waals surface area contributed by atoms with Crippen molar-refractivity contribution in [3.63, 3.8) is 0 Å². The second-order valence-electron chi connectivity index (χ2n) is 5.92. The lowest BCUT2D eigenvalue weighted by atomic mass is 10.2. The summed E-state index contributed by atoms with van der Waals surface area (Å²) in [6.45, 7) is 1.63. The number of rotatable bonds is 7. The molecule has 29 heavy (non-hydrogen) atoms. The van der Waals surface area contributed by atoms with Gasteiger partial charge in [0.1, 0.15) is 5.75 Å². The number of carbonyl (C=O) groups is 1. The van der Waals surface area contributed by atoms with E-state index in [0.29, 0.717) is 23.1 Å². The third-order valence-corrected chi connectivity index (χ3v) is 4.36. The number of hydrogen-bond acceptors (Lipinski definition) is 8. The van der Waals surface area contributed by atoms with Gasteiger partial charge in [-0.15, -0.1) is 10.2 Å². The van der Waals surface area contributed by atoms with Crippen LogP contribution in [0.4, 0.5) is 0 Å². The molecule has 2 aromatic carbocycles. The summed E-state index contributed by atoms with van der Waals surface area (Å²) in [7, 11) is 4.49. The van der Waals surface area contributed by atoms with Crippen molar-refractivity contribution in [3.8, 4) is 28.7 Å². The van der Waals surface area contributed by atoms with E-state index in [1.165, 1.54) is 26.4 Å². The molecule has 1 aromatic heterocycles. The smallest absolute Gasteiger partial charge is 0.339 e. The number of methoxy groups -OCH3 is 3. The van der Waals surface area contributed by atoms with Gasteiger partial charge in [0.25, 0.3) is 5.89 Å². The minimum Gasteiger partial charge on any atom is -0.497 e. The molecule has 0 aliphatic heterocycles.